The maximum Gasteiger partial charge on any atom is 0.107 e. The van der Waals surface area contributed by atoms with Crippen molar-refractivity contribution in [2.24, 2.45) is 0 Å². The second-order valence-electron chi connectivity index (χ2n) is 4.47. The third-order valence-corrected chi connectivity index (χ3v) is 3.19. The van der Waals surface area contributed by atoms with E-state index in [4.69, 9.17) is 4.42 Å². The number of benzene rings is 1. The summed E-state index contributed by atoms with van der Waals surface area (Å²) in [5.74, 6) is 2.03. The van der Waals surface area contributed by atoms with Crippen molar-refractivity contribution >= 4 is 11.0 Å². The van der Waals surface area contributed by atoms with Gasteiger partial charge in [-0.15, -0.1) is 0 Å². The second-order valence-corrected chi connectivity index (χ2v) is 4.47. The smallest absolute Gasteiger partial charge is 0.107 e. The number of fused-ring (bicyclic) bond motifs is 1. The molecule has 0 spiro atoms. The SMILES string of the molecule is CCc1ccc2nc(CCc3ccco3)[nH]c2c1. The zero-order chi connectivity index (χ0) is 12.4. The monoisotopic (exact) mass is 240 g/mol. The average Bonchev–Trinajstić information content (AvgIpc) is 3.04. The predicted octanol–water partition coefficient (Wildman–Crippen LogP) is 3.50. The molecule has 0 unspecified atom stereocenters. The van der Waals surface area contributed by atoms with Crippen LogP contribution in [0.3, 0.4) is 0 Å². The summed E-state index contributed by atoms with van der Waals surface area (Å²) in [4.78, 5) is 7.97. The molecule has 0 bridgehead atoms. The number of furan rings is 1. The van der Waals surface area contributed by atoms with Crippen LogP contribution in [0.4, 0.5) is 0 Å². The van der Waals surface area contributed by atoms with Crippen LogP contribution in [0.25, 0.3) is 11.0 Å². The molecule has 1 N–H and O–H groups in total. The van der Waals surface area contributed by atoms with E-state index in [1.807, 2.05) is 12.1 Å². The topological polar surface area (TPSA) is 41.8 Å². The minimum atomic E-state index is 0.879. The normalized spacial score (nSPS) is 11.2. The van der Waals surface area contributed by atoms with E-state index in [2.05, 4.69) is 35.1 Å². The van der Waals surface area contributed by atoms with Gasteiger partial charge < -0.3 is 9.40 Å². The fourth-order valence-corrected chi connectivity index (χ4v) is 2.14. The number of nitrogens with zero attached hydrogens (tertiary/aromatic N) is 1. The molecule has 0 amide bonds. The fraction of sp³-hybridized carbons (Fsp3) is 0.267. The summed E-state index contributed by atoms with van der Waals surface area (Å²) in [6, 6.07) is 10.3. The lowest BCUT2D eigenvalue weighted by Gasteiger charge is -1.94. The molecule has 0 aliphatic heterocycles. The van der Waals surface area contributed by atoms with Gasteiger partial charge in [0.25, 0.3) is 0 Å². The number of hydrogen-bond donors (Lipinski definition) is 1. The van der Waals surface area contributed by atoms with Gasteiger partial charge in [-0.05, 0) is 36.2 Å². The summed E-state index contributed by atoms with van der Waals surface area (Å²) in [6.07, 6.45) is 4.52. The van der Waals surface area contributed by atoms with Crippen molar-refractivity contribution in [1.29, 1.82) is 0 Å². The molecule has 18 heavy (non-hydrogen) atoms. The van der Waals surface area contributed by atoms with E-state index in [0.29, 0.717) is 0 Å². The molecule has 0 aliphatic rings. The maximum absolute atomic E-state index is 5.32. The lowest BCUT2D eigenvalue weighted by atomic mass is 10.1. The predicted molar refractivity (Wildman–Crippen MR) is 71.6 cm³/mol. The number of imidazole rings is 1. The van der Waals surface area contributed by atoms with Gasteiger partial charge in [0.05, 0.1) is 17.3 Å². The second kappa shape index (κ2) is 4.69. The zero-order valence-electron chi connectivity index (χ0n) is 10.4. The van der Waals surface area contributed by atoms with E-state index in [0.717, 1.165) is 41.9 Å². The number of hydrogen-bond acceptors (Lipinski definition) is 2. The molecule has 2 heterocycles. The number of nitrogens with one attached hydrogen (secondary N) is 1. The van der Waals surface area contributed by atoms with Crippen molar-refractivity contribution < 1.29 is 4.42 Å². The molecule has 3 heteroatoms. The number of rotatable bonds is 4. The summed E-state index contributed by atoms with van der Waals surface area (Å²) in [7, 11) is 0. The Labute approximate surface area is 106 Å². The van der Waals surface area contributed by atoms with Crippen LogP contribution in [0.5, 0.6) is 0 Å². The van der Waals surface area contributed by atoms with Crippen molar-refractivity contribution in [1.82, 2.24) is 9.97 Å². The lowest BCUT2D eigenvalue weighted by Crippen LogP contribution is -1.91. The molecule has 1 aromatic carbocycles. The molecular formula is C15H16N2O. The fourth-order valence-electron chi connectivity index (χ4n) is 2.14. The maximum atomic E-state index is 5.32. The van der Waals surface area contributed by atoms with Crippen molar-refractivity contribution in [3.63, 3.8) is 0 Å². The third-order valence-electron chi connectivity index (χ3n) is 3.19. The van der Waals surface area contributed by atoms with E-state index < -0.39 is 0 Å². The molecule has 0 aliphatic carbocycles. The van der Waals surface area contributed by atoms with E-state index in [1.54, 1.807) is 6.26 Å². The van der Waals surface area contributed by atoms with Gasteiger partial charge in [0.15, 0.2) is 0 Å². The van der Waals surface area contributed by atoms with E-state index in [-0.39, 0.29) is 0 Å². The molecule has 2 aromatic heterocycles. The Morgan fingerprint density at radius 3 is 2.94 bits per heavy atom. The molecule has 0 saturated carbocycles. The molecule has 3 rings (SSSR count). The highest BCUT2D eigenvalue weighted by molar-refractivity contribution is 5.75. The Balaban J connectivity index is 1.80. The Morgan fingerprint density at radius 2 is 2.17 bits per heavy atom. The lowest BCUT2D eigenvalue weighted by molar-refractivity contribution is 0.507. The number of H-pyrrole nitrogens is 1. The van der Waals surface area contributed by atoms with Gasteiger partial charge in [0, 0.05) is 12.8 Å². The first-order valence-electron chi connectivity index (χ1n) is 6.35. The molecule has 0 radical (unpaired) electrons. The quantitative estimate of drug-likeness (QED) is 0.758. The van der Waals surface area contributed by atoms with Gasteiger partial charge in [-0.25, -0.2) is 4.98 Å². The number of aromatic amines is 1. The van der Waals surface area contributed by atoms with Gasteiger partial charge in [-0.1, -0.05) is 13.0 Å². The first kappa shape index (κ1) is 11.1. The Kier molecular flexibility index (Phi) is 2.89. The number of aromatic nitrogens is 2. The first-order valence-corrected chi connectivity index (χ1v) is 6.35. The number of aryl methyl sites for hydroxylation is 3. The van der Waals surface area contributed by atoms with Gasteiger partial charge in [0.2, 0.25) is 0 Å². The van der Waals surface area contributed by atoms with E-state index >= 15 is 0 Å². The molecule has 0 fully saturated rings. The highest BCUT2D eigenvalue weighted by Crippen LogP contribution is 2.15. The largest absolute Gasteiger partial charge is 0.469 e. The van der Waals surface area contributed by atoms with Gasteiger partial charge >= 0.3 is 0 Å². The van der Waals surface area contributed by atoms with Crippen LogP contribution in [0.2, 0.25) is 0 Å². The highest BCUT2D eigenvalue weighted by atomic mass is 16.3. The first-order chi connectivity index (χ1) is 8.85. The van der Waals surface area contributed by atoms with E-state index in [1.165, 1.54) is 5.56 Å². The van der Waals surface area contributed by atoms with Gasteiger partial charge in [-0.3, -0.25) is 0 Å². The summed E-state index contributed by atoms with van der Waals surface area (Å²) < 4.78 is 5.32. The van der Waals surface area contributed by atoms with Crippen LogP contribution >= 0.6 is 0 Å². The van der Waals surface area contributed by atoms with Crippen LogP contribution < -0.4 is 0 Å². The third kappa shape index (κ3) is 2.16. The molecule has 0 atom stereocenters. The van der Waals surface area contributed by atoms with Crippen LogP contribution in [0.15, 0.2) is 41.0 Å². The van der Waals surface area contributed by atoms with Crippen molar-refractivity contribution in [2.45, 2.75) is 26.2 Å². The van der Waals surface area contributed by atoms with Crippen LogP contribution in [0.1, 0.15) is 24.1 Å². The molecule has 0 saturated heterocycles. The van der Waals surface area contributed by atoms with Crippen molar-refractivity contribution in [2.75, 3.05) is 0 Å². The molecule has 92 valence electrons. The van der Waals surface area contributed by atoms with Crippen molar-refractivity contribution in [3.05, 3.63) is 53.7 Å². The standard InChI is InChI=1S/C15H16N2O/c1-2-11-5-7-13-14(10-11)17-15(16-13)8-6-12-4-3-9-18-12/h3-5,7,9-10H,2,6,8H2,1H3,(H,16,17). The van der Waals surface area contributed by atoms with Crippen LogP contribution in [-0.4, -0.2) is 9.97 Å². The molecular weight excluding hydrogens is 224 g/mol. The minimum absolute atomic E-state index is 0.879. The van der Waals surface area contributed by atoms with Gasteiger partial charge in [-0.2, -0.15) is 0 Å². The minimum Gasteiger partial charge on any atom is -0.469 e. The summed E-state index contributed by atoms with van der Waals surface area (Å²) in [6.45, 7) is 2.16. The average molecular weight is 240 g/mol. The van der Waals surface area contributed by atoms with Crippen LogP contribution in [0, 0.1) is 0 Å². The van der Waals surface area contributed by atoms with Crippen LogP contribution in [-0.2, 0) is 19.3 Å². The Hall–Kier alpha value is -2.03. The summed E-state index contributed by atoms with van der Waals surface area (Å²) >= 11 is 0. The molecule has 3 nitrogen and oxygen atoms in total. The van der Waals surface area contributed by atoms with Gasteiger partial charge in [0.1, 0.15) is 11.6 Å². The summed E-state index contributed by atoms with van der Waals surface area (Å²) in [5, 5.41) is 0. The zero-order valence-corrected chi connectivity index (χ0v) is 10.4. The summed E-state index contributed by atoms with van der Waals surface area (Å²) in [5.41, 5.74) is 3.51. The van der Waals surface area contributed by atoms with Crippen molar-refractivity contribution in [3.8, 4) is 0 Å². The van der Waals surface area contributed by atoms with E-state index in [9.17, 15) is 0 Å². The highest BCUT2D eigenvalue weighted by Gasteiger charge is 2.04. The molecule has 3 aromatic rings. The Bertz CT molecular complexity index is 638. The Morgan fingerprint density at radius 1 is 1.22 bits per heavy atom.